The average molecular weight is 459 g/mol. The van der Waals surface area contributed by atoms with Crippen molar-refractivity contribution in [3.63, 3.8) is 0 Å². The van der Waals surface area contributed by atoms with Gasteiger partial charge in [-0.2, -0.15) is 5.10 Å². The smallest absolute Gasteiger partial charge is 0.280 e. The molecule has 0 bridgehead atoms. The van der Waals surface area contributed by atoms with Gasteiger partial charge in [-0.15, -0.1) is 0 Å². The van der Waals surface area contributed by atoms with Gasteiger partial charge in [-0.1, -0.05) is 65.3 Å². The maximum absolute atomic E-state index is 13.5. The van der Waals surface area contributed by atoms with Gasteiger partial charge in [0.25, 0.3) is 5.56 Å². The monoisotopic (exact) mass is 458 g/mol. The molecule has 4 rings (SSSR count). The number of aromatic nitrogens is 4. The van der Waals surface area contributed by atoms with Gasteiger partial charge in [0.15, 0.2) is 10.7 Å². The van der Waals surface area contributed by atoms with Crippen molar-refractivity contribution < 1.29 is 0 Å². The van der Waals surface area contributed by atoms with E-state index in [0.29, 0.717) is 45.1 Å². The van der Waals surface area contributed by atoms with Crippen LogP contribution in [0.5, 0.6) is 0 Å². The van der Waals surface area contributed by atoms with Crippen LogP contribution in [0, 0.1) is 6.92 Å². The third-order valence-corrected chi connectivity index (χ3v) is 6.50. The van der Waals surface area contributed by atoms with Crippen LogP contribution >= 0.6 is 35.0 Å². The number of nitrogens with zero attached hydrogens (tertiary/aromatic N) is 4. The number of rotatable bonds is 6. The number of halogens is 2. The molecule has 0 aliphatic carbocycles. The molecule has 30 heavy (non-hydrogen) atoms. The van der Waals surface area contributed by atoms with Crippen LogP contribution in [0.25, 0.3) is 11.0 Å². The minimum absolute atomic E-state index is 0.0981. The minimum Gasteiger partial charge on any atom is -0.281 e. The molecule has 0 saturated heterocycles. The standard InChI is InChI=1S/C22H20Cl2N4OS/c1-3-28-20-19(14(2)26-28)25-22(30-13-16-6-4-5-7-18(16)24)27(21(20)29)12-15-8-10-17(23)11-9-15/h4-11H,3,12-13H2,1-2H3. The van der Waals surface area contributed by atoms with E-state index in [2.05, 4.69) is 5.10 Å². The molecule has 0 amide bonds. The number of hydrogen-bond acceptors (Lipinski definition) is 4. The summed E-state index contributed by atoms with van der Waals surface area (Å²) in [5.74, 6) is 0.610. The highest BCUT2D eigenvalue weighted by molar-refractivity contribution is 7.98. The molecule has 4 aromatic rings. The highest BCUT2D eigenvalue weighted by atomic mass is 35.5. The van der Waals surface area contributed by atoms with Crippen molar-refractivity contribution in [2.45, 2.75) is 37.8 Å². The molecule has 0 N–H and O–H groups in total. The lowest BCUT2D eigenvalue weighted by Crippen LogP contribution is -2.25. The second-order valence-corrected chi connectivity index (χ2v) is 8.68. The second-order valence-electron chi connectivity index (χ2n) is 6.89. The molecule has 8 heteroatoms. The van der Waals surface area contributed by atoms with E-state index in [1.165, 1.54) is 11.8 Å². The van der Waals surface area contributed by atoms with Gasteiger partial charge in [0.05, 0.1) is 12.2 Å². The SMILES string of the molecule is CCn1nc(C)c2nc(SCc3ccccc3Cl)n(Cc3ccc(Cl)cc3)c(=O)c21. The van der Waals surface area contributed by atoms with Gasteiger partial charge in [-0.05, 0) is 43.2 Å². The predicted octanol–water partition coefficient (Wildman–Crippen LogP) is 5.57. The summed E-state index contributed by atoms with van der Waals surface area (Å²) in [5.41, 5.74) is 3.81. The van der Waals surface area contributed by atoms with E-state index in [1.807, 2.05) is 62.4 Å². The molecule has 0 aliphatic heterocycles. The fourth-order valence-electron chi connectivity index (χ4n) is 3.30. The normalized spacial score (nSPS) is 11.3. The van der Waals surface area contributed by atoms with Crippen LogP contribution in [0.2, 0.25) is 10.0 Å². The zero-order valence-electron chi connectivity index (χ0n) is 16.6. The van der Waals surface area contributed by atoms with E-state index < -0.39 is 0 Å². The van der Waals surface area contributed by atoms with Crippen molar-refractivity contribution in [1.82, 2.24) is 19.3 Å². The molecule has 0 saturated carbocycles. The fourth-order valence-corrected chi connectivity index (χ4v) is 4.70. The number of aryl methyl sites for hydroxylation is 2. The summed E-state index contributed by atoms with van der Waals surface area (Å²) in [6.45, 7) is 4.86. The van der Waals surface area contributed by atoms with E-state index in [-0.39, 0.29) is 5.56 Å². The van der Waals surface area contributed by atoms with E-state index in [9.17, 15) is 4.79 Å². The van der Waals surface area contributed by atoms with E-state index >= 15 is 0 Å². The van der Waals surface area contributed by atoms with Crippen molar-refractivity contribution in [3.05, 3.63) is 85.8 Å². The van der Waals surface area contributed by atoms with Crippen molar-refractivity contribution in [1.29, 1.82) is 0 Å². The summed E-state index contributed by atoms with van der Waals surface area (Å²) in [6, 6.07) is 15.2. The van der Waals surface area contributed by atoms with E-state index in [0.717, 1.165) is 16.8 Å². The summed E-state index contributed by atoms with van der Waals surface area (Å²) >= 11 is 13.8. The topological polar surface area (TPSA) is 52.7 Å². The Hall–Kier alpha value is -2.28. The molecule has 2 heterocycles. The highest BCUT2D eigenvalue weighted by Crippen LogP contribution is 2.27. The van der Waals surface area contributed by atoms with Gasteiger partial charge in [0.2, 0.25) is 0 Å². The van der Waals surface area contributed by atoms with Crippen LogP contribution in [0.3, 0.4) is 0 Å². The minimum atomic E-state index is -0.0981. The Morgan fingerprint density at radius 3 is 2.50 bits per heavy atom. The average Bonchev–Trinajstić information content (AvgIpc) is 3.07. The van der Waals surface area contributed by atoms with Crippen LogP contribution in [0.1, 0.15) is 23.7 Å². The first-order valence-corrected chi connectivity index (χ1v) is 11.3. The summed E-state index contributed by atoms with van der Waals surface area (Å²) in [6.07, 6.45) is 0. The van der Waals surface area contributed by atoms with Gasteiger partial charge in [-0.25, -0.2) is 4.98 Å². The molecular formula is C22H20Cl2N4OS. The first-order valence-electron chi connectivity index (χ1n) is 9.56. The number of thioether (sulfide) groups is 1. The fraction of sp³-hybridized carbons (Fsp3) is 0.227. The summed E-state index contributed by atoms with van der Waals surface area (Å²) in [4.78, 5) is 18.3. The Morgan fingerprint density at radius 1 is 1.07 bits per heavy atom. The third-order valence-electron chi connectivity index (χ3n) is 4.85. The van der Waals surface area contributed by atoms with Crippen molar-refractivity contribution in [3.8, 4) is 0 Å². The van der Waals surface area contributed by atoms with Gasteiger partial charge in [0.1, 0.15) is 5.52 Å². The summed E-state index contributed by atoms with van der Waals surface area (Å²) in [7, 11) is 0. The molecule has 2 aromatic carbocycles. The van der Waals surface area contributed by atoms with Crippen molar-refractivity contribution >= 4 is 46.0 Å². The molecule has 2 aromatic heterocycles. The van der Waals surface area contributed by atoms with Gasteiger partial charge >= 0.3 is 0 Å². The molecule has 0 spiro atoms. The highest BCUT2D eigenvalue weighted by Gasteiger charge is 2.18. The van der Waals surface area contributed by atoms with Crippen LogP contribution in [-0.4, -0.2) is 19.3 Å². The third kappa shape index (κ3) is 4.13. The Kier molecular flexibility index (Phi) is 6.18. The molecule has 0 fully saturated rings. The molecule has 154 valence electrons. The van der Waals surface area contributed by atoms with Gasteiger partial charge in [0, 0.05) is 22.3 Å². The van der Waals surface area contributed by atoms with Gasteiger partial charge in [-0.3, -0.25) is 14.0 Å². The molecule has 0 atom stereocenters. The van der Waals surface area contributed by atoms with E-state index in [1.54, 1.807) is 9.25 Å². The zero-order valence-corrected chi connectivity index (χ0v) is 18.9. The van der Waals surface area contributed by atoms with Crippen LogP contribution in [0.4, 0.5) is 0 Å². The number of fused-ring (bicyclic) bond motifs is 1. The van der Waals surface area contributed by atoms with Gasteiger partial charge < -0.3 is 0 Å². The first kappa shape index (κ1) is 21.0. The predicted molar refractivity (Wildman–Crippen MR) is 124 cm³/mol. The largest absolute Gasteiger partial charge is 0.281 e. The summed E-state index contributed by atoms with van der Waals surface area (Å²) < 4.78 is 3.43. The zero-order chi connectivity index (χ0) is 21.3. The lowest BCUT2D eigenvalue weighted by atomic mass is 10.2. The summed E-state index contributed by atoms with van der Waals surface area (Å²) in [5, 5.41) is 6.50. The maximum Gasteiger partial charge on any atom is 0.280 e. The Morgan fingerprint density at radius 2 is 1.80 bits per heavy atom. The maximum atomic E-state index is 13.5. The van der Waals surface area contributed by atoms with Crippen LogP contribution < -0.4 is 5.56 Å². The molecule has 0 unspecified atom stereocenters. The lowest BCUT2D eigenvalue weighted by molar-refractivity contribution is 0.636. The first-order chi connectivity index (χ1) is 14.5. The van der Waals surface area contributed by atoms with Crippen molar-refractivity contribution in [2.24, 2.45) is 0 Å². The second kappa shape index (κ2) is 8.84. The van der Waals surface area contributed by atoms with E-state index in [4.69, 9.17) is 28.2 Å². The molecule has 0 aliphatic rings. The Labute approximate surface area is 188 Å². The van der Waals surface area contributed by atoms with Crippen LogP contribution in [0.15, 0.2) is 58.5 Å². The lowest BCUT2D eigenvalue weighted by Gasteiger charge is -2.13. The van der Waals surface area contributed by atoms with Crippen molar-refractivity contribution in [2.75, 3.05) is 0 Å². The number of benzene rings is 2. The molecule has 5 nitrogen and oxygen atoms in total. The molecular weight excluding hydrogens is 439 g/mol. The molecule has 0 radical (unpaired) electrons. The number of hydrogen-bond donors (Lipinski definition) is 0. The Bertz CT molecular complexity index is 1260. The Balaban J connectivity index is 1.81. The quantitative estimate of drug-likeness (QED) is 0.280. The van der Waals surface area contributed by atoms with Crippen LogP contribution in [-0.2, 0) is 18.8 Å².